The summed E-state index contributed by atoms with van der Waals surface area (Å²) in [7, 11) is -1.86. The normalized spacial score (nSPS) is 10.0. The van der Waals surface area contributed by atoms with Crippen LogP contribution in [0.5, 0.6) is 5.75 Å². The van der Waals surface area contributed by atoms with Crippen LogP contribution in [0.2, 0.25) is 0 Å². The molecule has 0 aliphatic carbocycles. The predicted molar refractivity (Wildman–Crippen MR) is 74.3 cm³/mol. The summed E-state index contributed by atoms with van der Waals surface area (Å²) in [5.74, 6) is -0.644. The molecule has 0 amide bonds. The number of rotatable bonds is 4. The maximum atomic E-state index is 12.0. The van der Waals surface area contributed by atoms with Gasteiger partial charge in [0.2, 0.25) is 0 Å². The highest BCUT2D eigenvalue weighted by atomic mass is 16.6. The number of para-hydroxylation sites is 1. The highest BCUT2D eigenvalue weighted by Gasteiger charge is 2.25. The number of hydrogen-bond acceptors (Lipinski definition) is 6. The molecule has 0 saturated carbocycles. The average molecular weight is 287 g/mol. The van der Waals surface area contributed by atoms with Gasteiger partial charge in [0.1, 0.15) is 11.3 Å². The molecular weight excluding hydrogens is 277 g/mol. The molecule has 0 heterocycles. The number of esters is 1. The molecule has 2 aromatic rings. The third-order valence-electron chi connectivity index (χ3n) is 2.69. The van der Waals surface area contributed by atoms with E-state index in [1.807, 2.05) is 0 Å². The molecule has 106 valence electrons. The Morgan fingerprint density at radius 3 is 2.38 bits per heavy atom. The Labute approximate surface area is 119 Å². The van der Waals surface area contributed by atoms with Gasteiger partial charge in [-0.1, -0.05) is 24.3 Å². The first-order valence-corrected chi connectivity index (χ1v) is 5.90. The van der Waals surface area contributed by atoms with Crippen molar-refractivity contribution >= 4 is 24.2 Å². The zero-order chi connectivity index (χ0) is 15.4. The van der Waals surface area contributed by atoms with Crippen LogP contribution in [0.25, 0.3) is 0 Å². The molecule has 0 bridgehead atoms. The second kappa shape index (κ2) is 6.16. The molecule has 0 unspecified atom stereocenters. The van der Waals surface area contributed by atoms with Crippen molar-refractivity contribution in [3.8, 4) is 5.75 Å². The van der Waals surface area contributed by atoms with Crippen LogP contribution in [0.1, 0.15) is 10.4 Å². The van der Waals surface area contributed by atoms with Crippen molar-refractivity contribution in [2.24, 2.45) is 0 Å². The Morgan fingerprint density at radius 1 is 1.14 bits per heavy atom. The van der Waals surface area contributed by atoms with Crippen molar-refractivity contribution in [2.45, 2.75) is 0 Å². The second-order valence-electron chi connectivity index (χ2n) is 4.11. The Hall–Kier alpha value is -2.71. The molecule has 0 fully saturated rings. The van der Waals surface area contributed by atoms with Gasteiger partial charge in [0.15, 0.2) is 0 Å². The summed E-state index contributed by atoms with van der Waals surface area (Å²) in [6.45, 7) is 0. The summed E-state index contributed by atoms with van der Waals surface area (Å²) < 4.78 is 5.02. The maximum Gasteiger partial charge on any atom is 0.488 e. The van der Waals surface area contributed by atoms with Crippen LogP contribution in [0.15, 0.2) is 48.5 Å². The number of benzene rings is 2. The average Bonchev–Trinajstić information content (AvgIpc) is 2.47. The molecular formula is C13H10BNO6. The van der Waals surface area contributed by atoms with Gasteiger partial charge in [0.05, 0.1) is 4.92 Å². The van der Waals surface area contributed by atoms with Crippen LogP contribution < -0.4 is 10.2 Å². The summed E-state index contributed by atoms with van der Waals surface area (Å²) in [4.78, 5) is 22.2. The zero-order valence-corrected chi connectivity index (χ0v) is 10.7. The van der Waals surface area contributed by atoms with E-state index in [1.165, 1.54) is 18.2 Å². The van der Waals surface area contributed by atoms with Crippen LogP contribution in [0, 0.1) is 10.1 Å². The van der Waals surface area contributed by atoms with Crippen molar-refractivity contribution in [2.75, 3.05) is 0 Å². The number of nitro groups is 1. The van der Waals surface area contributed by atoms with Crippen molar-refractivity contribution in [1.29, 1.82) is 0 Å². The molecule has 2 rings (SSSR count). The maximum absolute atomic E-state index is 12.0. The van der Waals surface area contributed by atoms with Crippen LogP contribution in [-0.2, 0) is 0 Å². The highest BCUT2D eigenvalue weighted by Crippen LogP contribution is 2.19. The molecule has 2 aromatic carbocycles. The van der Waals surface area contributed by atoms with E-state index in [2.05, 4.69) is 0 Å². The Kier molecular flexibility index (Phi) is 4.31. The van der Waals surface area contributed by atoms with Crippen LogP contribution in [-0.4, -0.2) is 28.1 Å². The minimum atomic E-state index is -1.86. The lowest BCUT2D eigenvalue weighted by Crippen LogP contribution is -2.30. The van der Waals surface area contributed by atoms with Crippen molar-refractivity contribution in [1.82, 2.24) is 0 Å². The number of nitrogens with zero attached hydrogens (tertiary/aromatic N) is 1. The third kappa shape index (κ3) is 3.44. The van der Waals surface area contributed by atoms with E-state index in [0.29, 0.717) is 0 Å². The van der Waals surface area contributed by atoms with Crippen LogP contribution in [0.4, 0.5) is 5.69 Å². The molecule has 0 aliphatic heterocycles. The van der Waals surface area contributed by atoms with E-state index in [-0.39, 0.29) is 16.8 Å². The first-order valence-electron chi connectivity index (χ1n) is 5.90. The molecule has 0 aromatic heterocycles. The molecule has 7 nitrogen and oxygen atoms in total. The molecule has 0 saturated heterocycles. The fraction of sp³-hybridized carbons (Fsp3) is 0. The SMILES string of the molecule is O=C(Oc1ccccc1)c1ccc(B(O)O)cc1[N+](=O)[O-]. The minimum absolute atomic E-state index is 0.0852. The van der Waals surface area contributed by atoms with Gasteiger partial charge >= 0.3 is 13.1 Å². The van der Waals surface area contributed by atoms with E-state index in [1.54, 1.807) is 18.2 Å². The van der Waals surface area contributed by atoms with E-state index in [4.69, 9.17) is 14.8 Å². The lowest BCUT2D eigenvalue weighted by atomic mass is 9.79. The number of nitro benzene ring substituents is 1. The van der Waals surface area contributed by atoms with E-state index >= 15 is 0 Å². The standard InChI is InChI=1S/C13H10BNO6/c16-13(21-10-4-2-1-3-5-10)11-7-6-9(14(17)18)8-12(11)15(19)20/h1-8,17-18H. The van der Waals surface area contributed by atoms with Gasteiger partial charge in [-0.3, -0.25) is 10.1 Å². The monoisotopic (exact) mass is 287 g/mol. The van der Waals surface area contributed by atoms with Crippen molar-refractivity contribution in [3.63, 3.8) is 0 Å². The summed E-state index contributed by atoms with van der Waals surface area (Å²) in [6, 6.07) is 11.4. The van der Waals surface area contributed by atoms with Crippen molar-refractivity contribution < 1.29 is 24.5 Å². The molecule has 0 atom stereocenters. The molecule has 2 N–H and O–H groups in total. The van der Waals surface area contributed by atoms with E-state index < -0.39 is 23.7 Å². The van der Waals surface area contributed by atoms with Gasteiger partial charge in [0, 0.05) is 6.07 Å². The molecule has 0 spiro atoms. The highest BCUT2D eigenvalue weighted by molar-refractivity contribution is 6.58. The smallest absolute Gasteiger partial charge is 0.423 e. The van der Waals surface area contributed by atoms with Gasteiger partial charge in [-0.15, -0.1) is 0 Å². The summed E-state index contributed by atoms with van der Waals surface area (Å²) in [5, 5.41) is 29.0. The lowest BCUT2D eigenvalue weighted by molar-refractivity contribution is -0.385. The quantitative estimate of drug-likeness (QED) is 0.278. The largest absolute Gasteiger partial charge is 0.488 e. The minimum Gasteiger partial charge on any atom is -0.423 e. The number of carbonyl (C=O) groups is 1. The van der Waals surface area contributed by atoms with Gasteiger partial charge in [-0.05, 0) is 23.7 Å². The van der Waals surface area contributed by atoms with Crippen molar-refractivity contribution in [3.05, 3.63) is 64.2 Å². The fourth-order valence-corrected chi connectivity index (χ4v) is 1.68. The Bertz CT molecular complexity index is 674. The lowest BCUT2D eigenvalue weighted by Gasteiger charge is -2.06. The predicted octanol–water partition coefficient (Wildman–Crippen LogP) is 0.494. The Morgan fingerprint density at radius 2 is 1.81 bits per heavy atom. The number of carbonyl (C=O) groups excluding carboxylic acids is 1. The first kappa shape index (κ1) is 14.7. The summed E-state index contributed by atoms with van der Waals surface area (Å²) in [6.07, 6.45) is 0. The topological polar surface area (TPSA) is 110 Å². The first-order chi connectivity index (χ1) is 9.99. The molecule has 21 heavy (non-hydrogen) atoms. The van der Waals surface area contributed by atoms with E-state index in [0.717, 1.165) is 12.1 Å². The van der Waals surface area contributed by atoms with Gasteiger partial charge in [-0.2, -0.15) is 0 Å². The van der Waals surface area contributed by atoms with Crippen LogP contribution >= 0.6 is 0 Å². The van der Waals surface area contributed by atoms with Crippen LogP contribution in [0.3, 0.4) is 0 Å². The number of ether oxygens (including phenoxy) is 1. The van der Waals surface area contributed by atoms with Gasteiger partial charge in [-0.25, -0.2) is 4.79 Å². The second-order valence-corrected chi connectivity index (χ2v) is 4.11. The summed E-state index contributed by atoms with van der Waals surface area (Å²) >= 11 is 0. The zero-order valence-electron chi connectivity index (χ0n) is 10.7. The summed E-state index contributed by atoms with van der Waals surface area (Å²) in [5.41, 5.74) is -0.909. The molecule has 0 radical (unpaired) electrons. The van der Waals surface area contributed by atoms with E-state index in [9.17, 15) is 14.9 Å². The fourth-order valence-electron chi connectivity index (χ4n) is 1.68. The van der Waals surface area contributed by atoms with Gasteiger partial charge in [0.25, 0.3) is 5.69 Å². The molecule has 8 heteroatoms. The van der Waals surface area contributed by atoms with Gasteiger partial charge < -0.3 is 14.8 Å². The number of hydrogen-bond donors (Lipinski definition) is 2. The third-order valence-corrected chi connectivity index (χ3v) is 2.69. The Balaban J connectivity index is 2.34. The molecule has 0 aliphatic rings.